The summed E-state index contributed by atoms with van der Waals surface area (Å²) in [4.78, 5) is 11.6. The van der Waals surface area contributed by atoms with Crippen LogP contribution in [0.25, 0.3) is 0 Å². The van der Waals surface area contributed by atoms with Gasteiger partial charge in [-0.1, -0.05) is 51.8 Å². The van der Waals surface area contributed by atoms with E-state index in [1.165, 1.54) is 6.21 Å². The highest BCUT2D eigenvalue weighted by molar-refractivity contribution is 9.10. The van der Waals surface area contributed by atoms with Gasteiger partial charge in [0.25, 0.3) is 5.91 Å². The lowest BCUT2D eigenvalue weighted by atomic mass is 10.2. The Bertz CT molecular complexity index is 662. The van der Waals surface area contributed by atoms with Crippen molar-refractivity contribution in [3.8, 4) is 5.75 Å². The summed E-state index contributed by atoms with van der Waals surface area (Å²) < 4.78 is 6.22. The largest absolute Gasteiger partial charge is 0.484 e. The molecule has 0 heterocycles. The van der Waals surface area contributed by atoms with Gasteiger partial charge in [0.05, 0.1) is 6.21 Å². The third-order valence-electron chi connectivity index (χ3n) is 2.46. The number of nitrogens with one attached hydrogen (secondary N) is 1. The second kappa shape index (κ2) is 7.81. The van der Waals surface area contributed by atoms with Crippen LogP contribution in [0.2, 0.25) is 5.02 Å². The first kappa shape index (κ1) is 15.5. The summed E-state index contributed by atoms with van der Waals surface area (Å²) in [6, 6.07) is 14.5. The molecule has 0 unspecified atom stereocenters. The number of amides is 1. The monoisotopic (exact) mass is 366 g/mol. The van der Waals surface area contributed by atoms with E-state index in [2.05, 4.69) is 26.5 Å². The van der Waals surface area contributed by atoms with Crippen LogP contribution in [0.15, 0.2) is 58.1 Å². The number of benzene rings is 2. The highest BCUT2D eigenvalue weighted by Crippen LogP contribution is 2.17. The van der Waals surface area contributed by atoms with Crippen LogP contribution in [0.3, 0.4) is 0 Å². The van der Waals surface area contributed by atoms with Gasteiger partial charge in [-0.25, -0.2) is 5.43 Å². The summed E-state index contributed by atoms with van der Waals surface area (Å²) >= 11 is 9.29. The van der Waals surface area contributed by atoms with Crippen LogP contribution in [0, 0.1) is 0 Å². The minimum absolute atomic E-state index is 0.115. The molecule has 0 radical (unpaired) electrons. The van der Waals surface area contributed by atoms with Crippen LogP contribution >= 0.6 is 27.5 Å². The van der Waals surface area contributed by atoms with Gasteiger partial charge in [0.2, 0.25) is 0 Å². The summed E-state index contributed by atoms with van der Waals surface area (Å²) in [6.07, 6.45) is 1.49. The van der Waals surface area contributed by atoms with Gasteiger partial charge in [0, 0.05) is 15.1 Å². The first-order chi connectivity index (χ1) is 10.1. The molecule has 2 rings (SSSR count). The molecule has 0 fully saturated rings. The first-order valence-corrected chi connectivity index (χ1v) is 7.27. The molecule has 1 amide bonds. The van der Waals surface area contributed by atoms with Crippen LogP contribution in [0.1, 0.15) is 5.56 Å². The fourth-order valence-electron chi connectivity index (χ4n) is 1.49. The fourth-order valence-corrected chi connectivity index (χ4v) is 2.05. The number of carbonyl (C=O) groups excluding carboxylic acids is 1. The number of ether oxygens (including phenoxy) is 1. The number of nitrogens with zero attached hydrogens (tertiary/aromatic N) is 1. The Kier molecular flexibility index (Phi) is 5.78. The second-order valence-corrected chi connectivity index (χ2v) is 5.38. The quantitative estimate of drug-likeness (QED) is 0.648. The molecule has 2 aromatic rings. The fraction of sp³-hybridized carbons (Fsp3) is 0.0667. The molecule has 6 heteroatoms. The van der Waals surface area contributed by atoms with Gasteiger partial charge in [-0.3, -0.25) is 4.79 Å². The zero-order chi connectivity index (χ0) is 15.1. The van der Waals surface area contributed by atoms with Gasteiger partial charge in [-0.15, -0.1) is 0 Å². The van der Waals surface area contributed by atoms with E-state index in [1.807, 2.05) is 24.3 Å². The van der Waals surface area contributed by atoms with Gasteiger partial charge in [0.15, 0.2) is 6.61 Å². The van der Waals surface area contributed by atoms with Gasteiger partial charge in [-0.05, 0) is 24.3 Å². The molecule has 0 aromatic heterocycles. The molecular formula is C15H12BrClN2O2. The summed E-state index contributed by atoms with van der Waals surface area (Å²) in [6.45, 7) is -0.115. The van der Waals surface area contributed by atoms with Crippen LogP contribution in [-0.4, -0.2) is 18.7 Å². The van der Waals surface area contributed by atoms with Crippen molar-refractivity contribution in [1.29, 1.82) is 0 Å². The van der Waals surface area contributed by atoms with E-state index in [4.69, 9.17) is 16.3 Å². The normalized spacial score (nSPS) is 10.6. The van der Waals surface area contributed by atoms with Crippen molar-refractivity contribution < 1.29 is 9.53 Å². The van der Waals surface area contributed by atoms with E-state index < -0.39 is 0 Å². The van der Waals surface area contributed by atoms with Crippen LogP contribution in [0.5, 0.6) is 5.75 Å². The average Bonchev–Trinajstić information content (AvgIpc) is 2.47. The zero-order valence-electron chi connectivity index (χ0n) is 10.9. The Labute approximate surface area is 135 Å². The van der Waals surface area contributed by atoms with Crippen molar-refractivity contribution in [2.24, 2.45) is 5.10 Å². The molecule has 0 aliphatic carbocycles. The van der Waals surface area contributed by atoms with Crippen molar-refractivity contribution >= 4 is 39.7 Å². The molecular weight excluding hydrogens is 356 g/mol. The Morgan fingerprint density at radius 1 is 1.29 bits per heavy atom. The van der Waals surface area contributed by atoms with Gasteiger partial charge < -0.3 is 4.74 Å². The van der Waals surface area contributed by atoms with Gasteiger partial charge >= 0.3 is 0 Å². The maximum absolute atomic E-state index is 11.6. The highest BCUT2D eigenvalue weighted by Gasteiger charge is 2.02. The van der Waals surface area contributed by atoms with Crippen molar-refractivity contribution in [2.45, 2.75) is 0 Å². The van der Waals surface area contributed by atoms with Crippen molar-refractivity contribution in [1.82, 2.24) is 5.43 Å². The number of halogens is 2. The lowest BCUT2D eigenvalue weighted by Crippen LogP contribution is -2.24. The average molecular weight is 368 g/mol. The number of hydrogen-bond donors (Lipinski definition) is 1. The summed E-state index contributed by atoms with van der Waals surface area (Å²) in [7, 11) is 0. The van der Waals surface area contributed by atoms with E-state index in [9.17, 15) is 4.79 Å². The molecule has 2 aromatic carbocycles. The topological polar surface area (TPSA) is 50.7 Å². The molecule has 0 aliphatic heterocycles. The first-order valence-electron chi connectivity index (χ1n) is 6.10. The smallest absolute Gasteiger partial charge is 0.277 e. The van der Waals surface area contributed by atoms with Crippen molar-refractivity contribution in [3.05, 3.63) is 63.6 Å². The second-order valence-electron chi connectivity index (χ2n) is 4.06. The highest BCUT2D eigenvalue weighted by atomic mass is 79.9. The molecule has 0 saturated heterocycles. The van der Waals surface area contributed by atoms with Crippen LogP contribution in [0.4, 0.5) is 0 Å². The maximum Gasteiger partial charge on any atom is 0.277 e. The minimum atomic E-state index is -0.349. The number of carbonyl (C=O) groups is 1. The SMILES string of the molecule is O=C(COc1cccc(Br)c1)NN=Cc1ccccc1Cl. The molecule has 0 aliphatic rings. The lowest BCUT2D eigenvalue weighted by molar-refractivity contribution is -0.123. The van der Waals surface area contributed by atoms with Gasteiger partial charge in [-0.2, -0.15) is 5.10 Å². The Balaban J connectivity index is 1.81. The van der Waals surface area contributed by atoms with E-state index in [1.54, 1.807) is 24.3 Å². The Hall–Kier alpha value is -1.85. The van der Waals surface area contributed by atoms with Gasteiger partial charge in [0.1, 0.15) is 5.75 Å². The molecule has 0 atom stereocenters. The summed E-state index contributed by atoms with van der Waals surface area (Å²) in [5, 5.41) is 4.40. The third kappa shape index (κ3) is 5.21. The Morgan fingerprint density at radius 3 is 2.86 bits per heavy atom. The molecule has 0 saturated carbocycles. The maximum atomic E-state index is 11.6. The molecule has 1 N–H and O–H groups in total. The molecule has 21 heavy (non-hydrogen) atoms. The minimum Gasteiger partial charge on any atom is -0.484 e. The number of hydrazone groups is 1. The molecule has 0 bridgehead atoms. The van der Waals surface area contributed by atoms with E-state index in [0.717, 1.165) is 10.0 Å². The molecule has 4 nitrogen and oxygen atoms in total. The summed E-state index contributed by atoms with van der Waals surface area (Å²) in [5.74, 6) is 0.257. The van der Waals surface area contributed by atoms with Crippen LogP contribution in [-0.2, 0) is 4.79 Å². The van der Waals surface area contributed by atoms with E-state index >= 15 is 0 Å². The number of hydrogen-bond acceptors (Lipinski definition) is 3. The zero-order valence-corrected chi connectivity index (χ0v) is 13.3. The molecule has 108 valence electrons. The van der Waals surface area contributed by atoms with Crippen LogP contribution < -0.4 is 10.2 Å². The third-order valence-corrected chi connectivity index (χ3v) is 3.30. The predicted molar refractivity (Wildman–Crippen MR) is 86.8 cm³/mol. The van der Waals surface area contributed by atoms with E-state index in [-0.39, 0.29) is 12.5 Å². The lowest BCUT2D eigenvalue weighted by Gasteiger charge is -2.05. The number of rotatable bonds is 5. The van der Waals surface area contributed by atoms with Crippen molar-refractivity contribution in [3.63, 3.8) is 0 Å². The standard InChI is InChI=1S/C15H12BrClN2O2/c16-12-5-3-6-13(8-12)21-10-15(20)19-18-9-11-4-1-2-7-14(11)17/h1-9H,10H2,(H,19,20). The molecule has 0 spiro atoms. The van der Waals surface area contributed by atoms with Crippen molar-refractivity contribution in [2.75, 3.05) is 6.61 Å². The van der Waals surface area contributed by atoms with E-state index in [0.29, 0.717) is 10.8 Å². The Morgan fingerprint density at radius 2 is 2.10 bits per heavy atom. The summed E-state index contributed by atoms with van der Waals surface area (Å²) in [5.41, 5.74) is 3.11. The predicted octanol–water partition coefficient (Wildman–Crippen LogP) is 3.63.